The summed E-state index contributed by atoms with van der Waals surface area (Å²) in [5.41, 5.74) is 1.57. The van der Waals surface area contributed by atoms with Crippen molar-refractivity contribution in [3.8, 4) is 0 Å². The molecule has 0 saturated carbocycles. The van der Waals surface area contributed by atoms with Crippen LogP contribution in [-0.4, -0.2) is 15.5 Å². The largest absolute Gasteiger partial charge is 0.321 e. The highest BCUT2D eigenvalue weighted by atomic mass is 32.1. The number of thiophene rings is 1. The quantitative estimate of drug-likeness (QED) is 0.785. The number of carbonyl (C=O) groups excluding carboxylic acids is 1. The molecule has 23 heavy (non-hydrogen) atoms. The van der Waals surface area contributed by atoms with Gasteiger partial charge in [0.2, 0.25) is 0 Å². The van der Waals surface area contributed by atoms with E-state index in [1.54, 1.807) is 27.0 Å². The van der Waals surface area contributed by atoms with Crippen molar-refractivity contribution in [3.05, 3.63) is 56.7 Å². The van der Waals surface area contributed by atoms with Crippen molar-refractivity contribution < 1.29 is 9.18 Å². The van der Waals surface area contributed by atoms with Crippen LogP contribution >= 0.6 is 11.3 Å². The average molecular weight is 331 g/mol. The molecule has 0 spiro atoms. The highest BCUT2D eigenvalue weighted by Gasteiger charge is 2.19. The van der Waals surface area contributed by atoms with E-state index in [-0.39, 0.29) is 11.5 Å². The Balaban J connectivity index is 2.05. The number of nitrogens with zero attached hydrogens (tertiary/aromatic N) is 2. The number of aryl methyl sites for hydroxylation is 3. The third-order valence-corrected chi connectivity index (χ3v) is 4.86. The second-order valence-corrected chi connectivity index (χ2v) is 6.31. The Morgan fingerprint density at radius 2 is 2.09 bits per heavy atom. The minimum absolute atomic E-state index is 0.190. The zero-order valence-corrected chi connectivity index (χ0v) is 13.6. The smallest absolute Gasteiger partial charge is 0.266 e. The van der Waals surface area contributed by atoms with Crippen LogP contribution in [0.2, 0.25) is 0 Å². The van der Waals surface area contributed by atoms with Crippen LogP contribution in [0.3, 0.4) is 0 Å². The predicted molar refractivity (Wildman–Crippen MR) is 88.7 cm³/mol. The second kappa shape index (κ2) is 5.58. The maximum absolute atomic E-state index is 13.3. The molecule has 3 aromatic rings. The number of fused-ring (bicyclic) bond motifs is 1. The minimum atomic E-state index is -0.422. The van der Waals surface area contributed by atoms with E-state index in [1.807, 2.05) is 0 Å². The van der Waals surface area contributed by atoms with E-state index in [0.29, 0.717) is 26.3 Å². The van der Waals surface area contributed by atoms with Gasteiger partial charge >= 0.3 is 0 Å². The van der Waals surface area contributed by atoms with Crippen molar-refractivity contribution in [2.75, 3.05) is 5.32 Å². The number of rotatable bonds is 2. The van der Waals surface area contributed by atoms with Crippen molar-refractivity contribution in [3.63, 3.8) is 0 Å². The van der Waals surface area contributed by atoms with Crippen LogP contribution in [0.15, 0.2) is 29.3 Å². The third-order valence-electron chi connectivity index (χ3n) is 3.66. The van der Waals surface area contributed by atoms with E-state index in [2.05, 4.69) is 10.3 Å². The normalized spacial score (nSPS) is 11.0. The number of hydrogen-bond donors (Lipinski definition) is 1. The monoisotopic (exact) mass is 331 g/mol. The van der Waals surface area contributed by atoms with Crippen molar-refractivity contribution in [1.29, 1.82) is 0 Å². The van der Waals surface area contributed by atoms with Crippen LogP contribution in [0.4, 0.5) is 10.1 Å². The second-order valence-electron chi connectivity index (χ2n) is 5.31. The first-order chi connectivity index (χ1) is 10.9. The first-order valence-corrected chi connectivity index (χ1v) is 7.72. The van der Waals surface area contributed by atoms with Gasteiger partial charge in [-0.2, -0.15) is 0 Å². The average Bonchev–Trinajstić information content (AvgIpc) is 2.84. The Hall–Kier alpha value is -2.54. The summed E-state index contributed by atoms with van der Waals surface area (Å²) in [5, 5.41) is 3.14. The molecule has 0 atom stereocenters. The standard InChI is InChI=1S/C16H14FN3O2S/c1-8-4-5-10(17)6-11(8)19-14(21)13-9(2)12-15(23-13)18-7-20(3)16(12)22/h4-7H,1-3H3,(H,19,21). The van der Waals surface area contributed by atoms with Crippen LogP contribution in [0, 0.1) is 19.7 Å². The molecule has 0 aliphatic carbocycles. The number of benzene rings is 1. The summed E-state index contributed by atoms with van der Waals surface area (Å²) in [4.78, 5) is 29.8. The lowest BCUT2D eigenvalue weighted by molar-refractivity contribution is 0.103. The van der Waals surface area contributed by atoms with Gasteiger partial charge in [0.1, 0.15) is 10.6 Å². The Bertz CT molecular complexity index is 991. The Labute approximate surface area is 135 Å². The van der Waals surface area contributed by atoms with Crippen LogP contribution in [-0.2, 0) is 7.05 Å². The Morgan fingerprint density at radius 3 is 2.83 bits per heavy atom. The fourth-order valence-corrected chi connectivity index (χ4v) is 3.37. The van der Waals surface area contributed by atoms with Crippen molar-refractivity contribution in [1.82, 2.24) is 9.55 Å². The van der Waals surface area contributed by atoms with E-state index in [1.165, 1.54) is 23.0 Å². The van der Waals surface area contributed by atoms with Gasteiger partial charge in [-0.1, -0.05) is 6.07 Å². The first-order valence-electron chi connectivity index (χ1n) is 6.90. The lowest BCUT2D eigenvalue weighted by Gasteiger charge is -2.07. The van der Waals surface area contributed by atoms with Crippen LogP contribution in [0.1, 0.15) is 20.8 Å². The van der Waals surface area contributed by atoms with Gasteiger partial charge < -0.3 is 9.88 Å². The molecule has 1 amide bonds. The molecular formula is C16H14FN3O2S. The number of nitrogens with one attached hydrogen (secondary N) is 1. The SMILES string of the molecule is Cc1ccc(F)cc1NC(=O)c1sc2ncn(C)c(=O)c2c1C. The van der Waals surface area contributed by atoms with Crippen molar-refractivity contribution in [2.24, 2.45) is 7.05 Å². The molecule has 0 radical (unpaired) electrons. The molecule has 0 unspecified atom stereocenters. The van der Waals surface area contributed by atoms with Crippen LogP contribution in [0.5, 0.6) is 0 Å². The number of aromatic nitrogens is 2. The van der Waals surface area contributed by atoms with Crippen molar-refractivity contribution >= 4 is 33.1 Å². The maximum atomic E-state index is 13.3. The van der Waals surface area contributed by atoms with Crippen LogP contribution in [0.25, 0.3) is 10.2 Å². The van der Waals surface area contributed by atoms with Crippen molar-refractivity contribution in [2.45, 2.75) is 13.8 Å². The molecule has 118 valence electrons. The zero-order valence-electron chi connectivity index (χ0n) is 12.8. The molecule has 1 N–H and O–H groups in total. The van der Waals surface area contributed by atoms with Gasteiger partial charge in [0, 0.05) is 12.7 Å². The molecule has 0 aliphatic heterocycles. The molecule has 2 aromatic heterocycles. The summed E-state index contributed by atoms with van der Waals surface area (Å²) in [6, 6.07) is 4.20. The lowest BCUT2D eigenvalue weighted by atomic mass is 10.1. The number of anilines is 1. The fraction of sp³-hybridized carbons (Fsp3) is 0.188. The van der Waals surface area contributed by atoms with Gasteiger partial charge in [-0.05, 0) is 37.1 Å². The highest BCUT2D eigenvalue weighted by Crippen LogP contribution is 2.28. The van der Waals surface area contributed by atoms with Crippen LogP contribution < -0.4 is 10.9 Å². The van der Waals surface area contributed by atoms with Gasteiger partial charge in [-0.15, -0.1) is 11.3 Å². The summed E-state index contributed by atoms with van der Waals surface area (Å²) >= 11 is 1.15. The summed E-state index contributed by atoms with van der Waals surface area (Å²) < 4.78 is 14.7. The summed E-state index contributed by atoms with van der Waals surface area (Å²) in [6.45, 7) is 3.50. The molecule has 0 saturated heterocycles. The molecule has 3 rings (SSSR count). The van der Waals surface area contributed by atoms with Gasteiger partial charge in [-0.25, -0.2) is 9.37 Å². The Kier molecular flexibility index (Phi) is 3.73. The minimum Gasteiger partial charge on any atom is -0.321 e. The van der Waals surface area contributed by atoms with Gasteiger partial charge in [0.05, 0.1) is 16.6 Å². The zero-order chi connectivity index (χ0) is 16.7. The summed E-state index contributed by atoms with van der Waals surface area (Å²) in [6.07, 6.45) is 1.43. The van der Waals surface area contributed by atoms with Gasteiger partial charge in [0.25, 0.3) is 11.5 Å². The van der Waals surface area contributed by atoms with E-state index in [0.717, 1.165) is 16.9 Å². The molecule has 0 fully saturated rings. The number of hydrogen-bond acceptors (Lipinski definition) is 4. The number of halogens is 1. The topological polar surface area (TPSA) is 64.0 Å². The third kappa shape index (κ3) is 2.63. The summed E-state index contributed by atoms with van der Waals surface area (Å²) in [7, 11) is 1.61. The molecular weight excluding hydrogens is 317 g/mol. The molecule has 0 bridgehead atoms. The molecule has 2 heterocycles. The molecule has 5 nitrogen and oxygen atoms in total. The number of amides is 1. The summed E-state index contributed by atoms with van der Waals surface area (Å²) in [5.74, 6) is -0.796. The van der Waals surface area contributed by atoms with E-state index < -0.39 is 5.82 Å². The van der Waals surface area contributed by atoms with E-state index in [4.69, 9.17) is 0 Å². The highest BCUT2D eigenvalue weighted by molar-refractivity contribution is 7.20. The molecule has 0 aliphatic rings. The molecule has 7 heteroatoms. The van der Waals surface area contributed by atoms with E-state index >= 15 is 0 Å². The van der Waals surface area contributed by atoms with Gasteiger partial charge in [0.15, 0.2) is 0 Å². The Morgan fingerprint density at radius 1 is 1.35 bits per heavy atom. The first kappa shape index (κ1) is 15.4. The lowest BCUT2D eigenvalue weighted by Crippen LogP contribution is -2.17. The maximum Gasteiger partial charge on any atom is 0.266 e. The fourth-order valence-electron chi connectivity index (χ4n) is 2.33. The van der Waals surface area contributed by atoms with Gasteiger partial charge in [-0.3, -0.25) is 9.59 Å². The van der Waals surface area contributed by atoms with E-state index in [9.17, 15) is 14.0 Å². The number of carbonyl (C=O) groups is 1. The predicted octanol–water partition coefficient (Wildman–Crippen LogP) is 3.00. The molecule has 1 aromatic carbocycles.